The predicted molar refractivity (Wildman–Crippen MR) is 70.3 cm³/mol. The number of aromatic amines is 1. The Bertz CT molecular complexity index is 644. The maximum Gasteiger partial charge on any atom is 0.417 e. The van der Waals surface area contributed by atoms with Crippen molar-refractivity contribution in [3.8, 4) is 0 Å². The Morgan fingerprint density at radius 2 is 2.26 bits per heavy atom. The van der Waals surface area contributed by atoms with Gasteiger partial charge < -0.3 is 10.2 Å². The molecule has 7 heteroatoms. The van der Waals surface area contributed by atoms with Crippen molar-refractivity contribution in [3.63, 3.8) is 0 Å². The maximum absolute atomic E-state index is 11.7. The third kappa shape index (κ3) is 3.21. The number of hydrazine groups is 1. The van der Waals surface area contributed by atoms with Gasteiger partial charge in [-0.1, -0.05) is 6.07 Å². The van der Waals surface area contributed by atoms with Crippen LogP contribution in [0.3, 0.4) is 0 Å². The van der Waals surface area contributed by atoms with Gasteiger partial charge in [-0.3, -0.25) is 15.2 Å². The molecular weight excluding hydrogens is 248 g/mol. The lowest BCUT2D eigenvalue weighted by atomic mass is 10.1. The molecule has 2 aromatic rings. The quantitative estimate of drug-likeness (QED) is 0.651. The number of carbonyl (C=O) groups is 1. The Morgan fingerprint density at radius 3 is 2.95 bits per heavy atom. The zero-order valence-electron chi connectivity index (χ0n) is 10.8. The number of carbonyl (C=O) groups excluding carboxylic acids is 1. The van der Waals surface area contributed by atoms with Crippen LogP contribution in [0.4, 0.5) is 0 Å². The van der Waals surface area contributed by atoms with Crippen LogP contribution in [0.5, 0.6) is 0 Å². The first-order chi connectivity index (χ1) is 8.95. The first-order valence-electron chi connectivity index (χ1n) is 5.81. The van der Waals surface area contributed by atoms with Crippen molar-refractivity contribution in [1.82, 2.24) is 15.4 Å². The molecule has 1 unspecified atom stereocenters. The van der Waals surface area contributed by atoms with Crippen molar-refractivity contribution in [3.05, 3.63) is 34.3 Å². The molecule has 1 heterocycles. The number of hydrogen-bond donors (Lipinski definition) is 3. The van der Waals surface area contributed by atoms with Gasteiger partial charge in [0.05, 0.1) is 11.6 Å². The number of H-pyrrole nitrogens is 1. The number of nitrogens with two attached hydrogens (primary N) is 1. The molecule has 1 amide bonds. The molecule has 19 heavy (non-hydrogen) atoms. The van der Waals surface area contributed by atoms with E-state index in [1.165, 1.54) is 0 Å². The third-order valence-electron chi connectivity index (χ3n) is 2.61. The average Bonchev–Trinajstić information content (AvgIpc) is 2.67. The molecule has 0 aliphatic carbocycles. The molecular formula is C12H16N4O3. The SMILES string of the molecule is CN(C)NC(=O)C(N)Cc1ccc2oc(=O)[nH]c2c1. The minimum absolute atomic E-state index is 0.259. The van der Waals surface area contributed by atoms with Crippen LogP contribution < -0.4 is 16.9 Å². The Hall–Kier alpha value is -2.12. The first kappa shape index (κ1) is 13.3. The number of benzene rings is 1. The predicted octanol–water partition coefficient (Wildman–Crippen LogP) is -0.416. The molecule has 0 spiro atoms. The van der Waals surface area contributed by atoms with Crippen LogP contribution in [0.2, 0.25) is 0 Å². The highest BCUT2D eigenvalue weighted by atomic mass is 16.4. The van der Waals surface area contributed by atoms with E-state index in [0.29, 0.717) is 17.5 Å². The third-order valence-corrected chi connectivity index (χ3v) is 2.61. The second-order valence-corrected chi connectivity index (χ2v) is 4.53. The number of aromatic nitrogens is 1. The largest absolute Gasteiger partial charge is 0.417 e. The van der Waals surface area contributed by atoms with E-state index < -0.39 is 11.8 Å². The molecule has 0 radical (unpaired) electrons. The summed E-state index contributed by atoms with van der Waals surface area (Å²) < 4.78 is 4.90. The summed E-state index contributed by atoms with van der Waals surface area (Å²) in [7, 11) is 3.43. The summed E-state index contributed by atoms with van der Waals surface area (Å²) in [6, 6.07) is 4.56. The minimum atomic E-state index is -0.654. The first-order valence-corrected chi connectivity index (χ1v) is 5.81. The van der Waals surface area contributed by atoms with E-state index in [4.69, 9.17) is 10.2 Å². The minimum Gasteiger partial charge on any atom is -0.408 e. The van der Waals surface area contributed by atoms with Crippen molar-refractivity contribution in [2.45, 2.75) is 12.5 Å². The van der Waals surface area contributed by atoms with Gasteiger partial charge in [0.25, 0.3) is 5.91 Å². The van der Waals surface area contributed by atoms with Gasteiger partial charge in [-0.15, -0.1) is 0 Å². The van der Waals surface area contributed by atoms with Gasteiger partial charge in [0.15, 0.2) is 5.58 Å². The van der Waals surface area contributed by atoms with Crippen LogP contribution >= 0.6 is 0 Å². The summed E-state index contributed by atoms with van der Waals surface area (Å²) in [4.78, 5) is 25.3. The van der Waals surface area contributed by atoms with Gasteiger partial charge in [0, 0.05) is 14.1 Å². The van der Waals surface area contributed by atoms with Gasteiger partial charge >= 0.3 is 5.76 Å². The number of nitrogens with zero attached hydrogens (tertiary/aromatic N) is 1. The smallest absolute Gasteiger partial charge is 0.408 e. The fourth-order valence-corrected chi connectivity index (χ4v) is 1.78. The van der Waals surface area contributed by atoms with Crippen molar-refractivity contribution in [2.24, 2.45) is 5.73 Å². The number of oxazole rings is 1. The number of rotatable bonds is 4. The van der Waals surface area contributed by atoms with E-state index >= 15 is 0 Å². The van der Waals surface area contributed by atoms with E-state index in [-0.39, 0.29) is 5.91 Å². The molecule has 4 N–H and O–H groups in total. The fourth-order valence-electron chi connectivity index (χ4n) is 1.78. The Kier molecular flexibility index (Phi) is 3.68. The van der Waals surface area contributed by atoms with Crippen LogP contribution in [-0.4, -0.2) is 36.0 Å². The number of fused-ring (bicyclic) bond motifs is 1. The highest BCUT2D eigenvalue weighted by molar-refractivity contribution is 5.81. The molecule has 0 aliphatic heterocycles. The molecule has 1 atom stereocenters. The van der Waals surface area contributed by atoms with Crippen LogP contribution in [0.25, 0.3) is 11.1 Å². The maximum atomic E-state index is 11.7. The monoisotopic (exact) mass is 264 g/mol. The molecule has 0 aliphatic rings. The zero-order valence-corrected chi connectivity index (χ0v) is 10.8. The lowest BCUT2D eigenvalue weighted by molar-refractivity contribution is -0.126. The highest BCUT2D eigenvalue weighted by Crippen LogP contribution is 2.13. The fraction of sp³-hybridized carbons (Fsp3) is 0.333. The van der Waals surface area contributed by atoms with Gasteiger partial charge in [-0.2, -0.15) is 0 Å². The van der Waals surface area contributed by atoms with E-state index in [1.54, 1.807) is 37.3 Å². The lowest BCUT2D eigenvalue weighted by Gasteiger charge is -2.16. The van der Waals surface area contributed by atoms with E-state index in [2.05, 4.69) is 10.4 Å². The summed E-state index contributed by atoms with van der Waals surface area (Å²) in [5, 5.41) is 1.54. The molecule has 7 nitrogen and oxygen atoms in total. The number of nitrogens with one attached hydrogen (secondary N) is 2. The lowest BCUT2D eigenvalue weighted by Crippen LogP contribution is -2.47. The van der Waals surface area contributed by atoms with Crippen molar-refractivity contribution in [2.75, 3.05) is 14.1 Å². The summed E-state index contributed by atoms with van der Waals surface area (Å²) in [5.41, 5.74) is 10.3. The van der Waals surface area contributed by atoms with E-state index in [9.17, 15) is 9.59 Å². The number of amides is 1. The average molecular weight is 264 g/mol. The molecule has 0 fully saturated rings. The Labute approximate surface area is 109 Å². The molecule has 1 aromatic carbocycles. The van der Waals surface area contributed by atoms with Gasteiger partial charge in [0.2, 0.25) is 0 Å². The van der Waals surface area contributed by atoms with Crippen LogP contribution in [0.1, 0.15) is 5.56 Å². The summed E-state index contributed by atoms with van der Waals surface area (Å²) in [5.74, 6) is -0.757. The van der Waals surface area contributed by atoms with Crippen LogP contribution in [0.15, 0.2) is 27.4 Å². The summed E-state index contributed by atoms with van der Waals surface area (Å²) in [6.45, 7) is 0. The van der Waals surface area contributed by atoms with Gasteiger partial charge in [-0.25, -0.2) is 9.80 Å². The second kappa shape index (κ2) is 5.25. The molecule has 2 rings (SSSR count). The van der Waals surface area contributed by atoms with Crippen molar-refractivity contribution >= 4 is 17.0 Å². The molecule has 0 bridgehead atoms. The second-order valence-electron chi connectivity index (χ2n) is 4.53. The van der Waals surface area contributed by atoms with Crippen LogP contribution in [0, 0.1) is 0 Å². The normalized spacial score (nSPS) is 12.8. The summed E-state index contributed by atoms with van der Waals surface area (Å²) >= 11 is 0. The van der Waals surface area contributed by atoms with Gasteiger partial charge in [0.1, 0.15) is 0 Å². The van der Waals surface area contributed by atoms with Crippen molar-refractivity contribution in [1.29, 1.82) is 0 Å². The van der Waals surface area contributed by atoms with Crippen LogP contribution in [-0.2, 0) is 11.2 Å². The summed E-state index contributed by atoms with van der Waals surface area (Å²) in [6.07, 6.45) is 0.378. The topological polar surface area (TPSA) is 104 Å². The van der Waals surface area contributed by atoms with E-state index in [0.717, 1.165) is 5.56 Å². The number of hydrogen-bond acceptors (Lipinski definition) is 5. The van der Waals surface area contributed by atoms with Crippen molar-refractivity contribution < 1.29 is 9.21 Å². The molecule has 1 aromatic heterocycles. The Balaban J connectivity index is 2.12. The molecule has 102 valence electrons. The standard InChI is InChI=1S/C12H16N4O3/c1-16(2)15-11(17)8(13)5-7-3-4-10-9(6-7)14-12(18)19-10/h3-4,6,8H,5,13H2,1-2H3,(H,14,18)(H,15,17). The zero-order chi connectivity index (χ0) is 14.0. The Morgan fingerprint density at radius 1 is 1.53 bits per heavy atom. The van der Waals surface area contributed by atoms with E-state index in [1.807, 2.05) is 0 Å². The molecule has 0 saturated carbocycles. The molecule has 0 saturated heterocycles. The highest BCUT2D eigenvalue weighted by Gasteiger charge is 2.15. The van der Waals surface area contributed by atoms with Gasteiger partial charge in [-0.05, 0) is 24.1 Å².